The molecule has 0 aliphatic heterocycles. The molecule has 37 heavy (non-hydrogen) atoms. The van der Waals surface area contributed by atoms with Gasteiger partial charge in [-0.25, -0.2) is 9.97 Å². The first-order chi connectivity index (χ1) is 15.5. The number of fused-ring (bicyclic) bond motifs is 2. The molecule has 0 bridgehead atoms. The SMILES string of the molecule is Cl.Cl.Cl.Cl.NCCc1nc2ccc(Cl)cc2n1CCO.NCCc1nc2ccc(Cl)cc2n1CCO.O. The van der Waals surface area contributed by atoms with E-state index in [0.717, 1.165) is 33.7 Å². The van der Waals surface area contributed by atoms with Crippen molar-refractivity contribution in [3.8, 4) is 0 Å². The fourth-order valence-electron chi connectivity index (χ4n) is 3.63. The summed E-state index contributed by atoms with van der Waals surface area (Å²) in [4.78, 5) is 8.95. The second kappa shape index (κ2) is 19.9. The molecule has 0 aliphatic rings. The molecular formula is C22H34Cl6N6O3. The van der Waals surface area contributed by atoms with Crippen molar-refractivity contribution < 1.29 is 15.7 Å². The second-order valence-electron chi connectivity index (χ2n) is 7.15. The normalized spacial score (nSPS) is 9.68. The predicted molar refractivity (Wildman–Crippen MR) is 162 cm³/mol. The summed E-state index contributed by atoms with van der Waals surface area (Å²) in [5.74, 6) is 1.79. The molecule has 0 saturated carbocycles. The summed E-state index contributed by atoms with van der Waals surface area (Å²) < 4.78 is 3.93. The van der Waals surface area contributed by atoms with E-state index >= 15 is 0 Å². The summed E-state index contributed by atoms with van der Waals surface area (Å²) >= 11 is 11.9. The van der Waals surface area contributed by atoms with Gasteiger partial charge in [0.2, 0.25) is 0 Å². The Morgan fingerprint density at radius 1 is 0.676 bits per heavy atom. The van der Waals surface area contributed by atoms with E-state index in [2.05, 4.69) is 9.97 Å². The van der Waals surface area contributed by atoms with E-state index in [-0.39, 0.29) is 68.3 Å². The fraction of sp³-hybridized carbons (Fsp3) is 0.364. The number of halogens is 6. The van der Waals surface area contributed by atoms with E-state index in [9.17, 15) is 0 Å². The quantitative estimate of drug-likeness (QED) is 0.231. The van der Waals surface area contributed by atoms with Crippen LogP contribution in [0.3, 0.4) is 0 Å². The molecule has 9 nitrogen and oxygen atoms in total. The molecule has 0 amide bonds. The second-order valence-corrected chi connectivity index (χ2v) is 8.02. The molecule has 4 aromatic rings. The molecule has 0 spiro atoms. The minimum Gasteiger partial charge on any atom is -0.412 e. The Bertz CT molecular complexity index is 1100. The van der Waals surface area contributed by atoms with Crippen molar-refractivity contribution >= 4 is 94.9 Å². The van der Waals surface area contributed by atoms with Crippen LogP contribution >= 0.6 is 72.8 Å². The number of aromatic nitrogens is 4. The zero-order valence-electron chi connectivity index (χ0n) is 19.8. The van der Waals surface area contributed by atoms with Gasteiger partial charge in [-0.3, -0.25) is 0 Å². The number of nitrogens with zero attached hydrogens (tertiary/aromatic N) is 4. The van der Waals surface area contributed by atoms with E-state index in [1.54, 1.807) is 0 Å². The van der Waals surface area contributed by atoms with Crippen LogP contribution in [0.5, 0.6) is 0 Å². The Labute approximate surface area is 250 Å². The molecule has 0 unspecified atom stereocenters. The number of aliphatic hydroxyl groups is 2. The summed E-state index contributed by atoms with van der Waals surface area (Å²) in [5.41, 5.74) is 14.7. The van der Waals surface area contributed by atoms with Crippen LogP contribution in [0.4, 0.5) is 0 Å². The topological polar surface area (TPSA) is 160 Å². The number of hydrogen-bond donors (Lipinski definition) is 4. The van der Waals surface area contributed by atoms with Gasteiger partial charge < -0.3 is 36.3 Å². The lowest BCUT2D eigenvalue weighted by atomic mass is 10.3. The van der Waals surface area contributed by atoms with Gasteiger partial charge >= 0.3 is 0 Å². The molecular weight excluding hydrogens is 609 g/mol. The number of rotatable bonds is 8. The van der Waals surface area contributed by atoms with Crippen LogP contribution in [-0.2, 0) is 25.9 Å². The number of aliphatic hydroxyl groups excluding tert-OH is 2. The van der Waals surface area contributed by atoms with Crippen molar-refractivity contribution in [2.75, 3.05) is 26.3 Å². The van der Waals surface area contributed by atoms with Gasteiger partial charge in [0.25, 0.3) is 0 Å². The smallest absolute Gasteiger partial charge is 0.111 e. The summed E-state index contributed by atoms with van der Waals surface area (Å²) in [6, 6.07) is 11.1. The maximum absolute atomic E-state index is 9.05. The summed E-state index contributed by atoms with van der Waals surface area (Å²) in [5, 5.41) is 19.4. The summed E-state index contributed by atoms with van der Waals surface area (Å²) in [6.07, 6.45) is 1.40. The first-order valence-corrected chi connectivity index (χ1v) is 11.2. The molecule has 2 heterocycles. The molecule has 15 heteroatoms. The standard InChI is InChI=1S/2C11H14ClN3O.4ClH.H2O/c2*12-8-1-2-9-10(7-8)15(5-6-16)11(14-9)3-4-13;;;;;/h2*1-2,7,16H,3-6,13H2;4*1H;1H2. The van der Waals surface area contributed by atoms with E-state index in [0.29, 0.717) is 49.1 Å². The van der Waals surface area contributed by atoms with Crippen LogP contribution in [0.25, 0.3) is 22.1 Å². The molecule has 0 fully saturated rings. The zero-order chi connectivity index (χ0) is 23.1. The lowest BCUT2D eigenvalue weighted by Crippen LogP contribution is -2.11. The Balaban J connectivity index is -0.000000550. The van der Waals surface area contributed by atoms with Crippen LogP contribution in [0.1, 0.15) is 11.6 Å². The Hall–Kier alpha value is -1.08. The largest absolute Gasteiger partial charge is 0.412 e. The predicted octanol–water partition coefficient (Wildman–Crippen LogP) is 3.23. The molecule has 4 rings (SSSR count). The van der Waals surface area contributed by atoms with Gasteiger partial charge in [0.1, 0.15) is 11.6 Å². The Kier molecular flexibility index (Phi) is 21.8. The number of imidazole rings is 2. The van der Waals surface area contributed by atoms with Crippen molar-refractivity contribution in [2.24, 2.45) is 11.5 Å². The first kappa shape index (κ1) is 40.4. The van der Waals surface area contributed by atoms with Crippen LogP contribution in [0.15, 0.2) is 36.4 Å². The molecule has 212 valence electrons. The molecule has 0 atom stereocenters. The maximum Gasteiger partial charge on any atom is 0.111 e. The molecule has 0 radical (unpaired) electrons. The van der Waals surface area contributed by atoms with Crippen molar-refractivity contribution in [3.63, 3.8) is 0 Å². The average Bonchev–Trinajstić information content (AvgIpc) is 3.28. The zero-order valence-corrected chi connectivity index (χ0v) is 24.6. The highest BCUT2D eigenvalue weighted by atomic mass is 35.5. The van der Waals surface area contributed by atoms with Crippen LogP contribution in [-0.4, -0.2) is 61.1 Å². The number of benzene rings is 2. The third-order valence-corrected chi connectivity index (χ3v) is 5.43. The maximum atomic E-state index is 9.05. The Morgan fingerprint density at radius 2 is 1.03 bits per heavy atom. The third-order valence-electron chi connectivity index (χ3n) is 4.96. The molecule has 2 aromatic heterocycles. The minimum absolute atomic E-state index is 0. The summed E-state index contributed by atoms with van der Waals surface area (Å²) in [7, 11) is 0. The van der Waals surface area contributed by atoms with Crippen molar-refractivity contribution in [1.82, 2.24) is 19.1 Å². The van der Waals surface area contributed by atoms with Gasteiger partial charge in [0.15, 0.2) is 0 Å². The summed E-state index contributed by atoms with van der Waals surface area (Å²) in [6.45, 7) is 2.29. The van der Waals surface area contributed by atoms with Gasteiger partial charge in [-0.2, -0.15) is 0 Å². The van der Waals surface area contributed by atoms with Gasteiger partial charge in [0.05, 0.1) is 35.3 Å². The van der Waals surface area contributed by atoms with E-state index in [1.807, 2.05) is 45.5 Å². The highest BCUT2D eigenvalue weighted by Gasteiger charge is 2.11. The highest BCUT2D eigenvalue weighted by Crippen LogP contribution is 2.22. The molecule has 0 saturated heterocycles. The van der Waals surface area contributed by atoms with E-state index in [4.69, 9.17) is 44.9 Å². The lowest BCUT2D eigenvalue weighted by molar-refractivity contribution is 0.276. The van der Waals surface area contributed by atoms with Crippen LogP contribution in [0.2, 0.25) is 10.0 Å². The van der Waals surface area contributed by atoms with Gasteiger partial charge in [0, 0.05) is 36.0 Å². The molecule has 8 N–H and O–H groups in total. The first-order valence-electron chi connectivity index (χ1n) is 10.4. The highest BCUT2D eigenvalue weighted by molar-refractivity contribution is 6.31. The van der Waals surface area contributed by atoms with Gasteiger partial charge in [-0.05, 0) is 49.5 Å². The molecule has 2 aromatic carbocycles. The van der Waals surface area contributed by atoms with Crippen molar-refractivity contribution in [1.29, 1.82) is 0 Å². The van der Waals surface area contributed by atoms with Crippen LogP contribution < -0.4 is 11.5 Å². The third kappa shape index (κ3) is 10.2. The van der Waals surface area contributed by atoms with Crippen molar-refractivity contribution in [3.05, 3.63) is 58.1 Å². The fourth-order valence-corrected chi connectivity index (χ4v) is 3.96. The van der Waals surface area contributed by atoms with E-state index in [1.165, 1.54) is 0 Å². The van der Waals surface area contributed by atoms with Gasteiger partial charge in [-0.15, -0.1) is 49.6 Å². The number of hydrogen-bond acceptors (Lipinski definition) is 6. The monoisotopic (exact) mass is 640 g/mol. The Morgan fingerprint density at radius 3 is 1.32 bits per heavy atom. The number of nitrogens with two attached hydrogens (primary N) is 2. The minimum atomic E-state index is 0. The van der Waals surface area contributed by atoms with E-state index < -0.39 is 0 Å². The van der Waals surface area contributed by atoms with Gasteiger partial charge in [-0.1, -0.05) is 23.2 Å². The van der Waals surface area contributed by atoms with Crippen molar-refractivity contribution in [2.45, 2.75) is 25.9 Å². The molecule has 0 aliphatic carbocycles. The van der Waals surface area contributed by atoms with Crippen LogP contribution in [0, 0.1) is 0 Å². The average molecular weight is 643 g/mol. The lowest BCUT2D eigenvalue weighted by Gasteiger charge is -2.06.